The van der Waals surface area contributed by atoms with E-state index in [-0.39, 0.29) is 0 Å². The van der Waals surface area contributed by atoms with E-state index in [9.17, 15) is 0 Å². The van der Waals surface area contributed by atoms with Gasteiger partial charge in [0.15, 0.2) is 0 Å². The van der Waals surface area contributed by atoms with E-state index in [0.717, 1.165) is 6.42 Å². The van der Waals surface area contributed by atoms with Crippen LogP contribution in [0.3, 0.4) is 0 Å². The van der Waals surface area contributed by atoms with Gasteiger partial charge in [0.2, 0.25) is 0 Å². The molecule has 1 aliphatic carbocycles. The highest BCUT2D eigenvalue weighted by Gasteiger charge is 1.86. The first-order chi connectivity index (χ1) is 4.97. The number of hydrogen-bond acceptors (Lipinski definition) is 1. The molecule has 1 heterocycles. The van der Waals surface area contributed by atoms with Gasteiger partial charge in [-0.05, 0) is 29.2 Å². The smallest absolute Gasteiger partial charge is 0.0339 e. The molecular formula is C9H8S. The van der Waals surface area contributed by atoms with Crippen LogP contribution < -0.4 is 9.75 Å². The minimum Gasteiger partial charge on any atom is -0.144 e. The largest absolute Gasteiger partial charge is 0.144 e. The number of allylic oxidation sites excluding steroid dienone is 2. The van der Waals surface area contributed by atoms with Crippen molar-refractivity contribution in [1.29, 1.82) is 0 Å². The zero-order valence-corrected chi connectivity index (χ0v) is 6.40. The van der Waals surface area contributed by atoms with Crippen LogP contribution in [-0.4, -0.2) is 0 Å². The van der Waals surface area contributed by atoms with Crippen molar-refractivity contribution in [1.82, 2.24) is 0 Å². The molecule has 0 atom stereocenters. The summed E-state index contributed by atoms with van der Waals surface area (Å²) < 4.78 is 1.38. The Morgan fingerprint density at radius 1 is 1.40 bits per heavy atom. The van der Waals surface area contributed by atoms with Crippen LogP contribution in [0.2, 0.25) is 0 Å². The number of rotatable bonds is 0. The molecule has 0 fully saturated rings. The summed E-state index contributed by atoms with van der Waals surface area (Å²) in [5.74, 6) is 0. The predicted octanol–water partition coefficient (Wildman–Crippen LogP) is 1.27. The van der Waals surface area contributed by atoms with Crippen LogP contribution in [0.25, 0.3) is 12.2 Å². The van der Waals surface area contributed by atoms with Crippen molar-refractivity contribution in [2.24, 2.45) is 0 Å². The number of thiophene rings is 1. The maximum Gasteiger partial charge on any atom is 0.0339 e. The monoisotopic (exact) mass is 148 g/mol. The predicted molar refractivity (Wildman–Crippen MR) is 46.3 cm³/mol. The van der Waals surface area contributed by atoms with Crippen LogP contribution in [0.1, 0.15) is 6.42 Å². The lowest BCUT2D eigenvalue weighted by atomic mass is 10.3. The van der Waals surface area contributed by atoms with Gasteiger partial charge in [-0.15, -0.1) is 11.3 Å². The van der Waals surface area contributed by atoms with Gasteiger partial charge in [-0.3, -0.25) is 0 Å². The van der Waals surface area contributed by atoms with Gasteiger partial charge in [-0.25, -0.2) is 0 Å². The third-order valence-electron chi connectivity index (χ3n) is 1.58. The Kier molecular flexibility index (Phi) is 1.44. The van der Waals surface area contributed by atoms with Crippen molar-refractivity contribution >= 4 is 23.5 Å². The normalized spacial score (nSPS) is 14.8. The standard InChI is InChI=1S/C9H8S/c1-2-4-8-6-7-10-9(8)5-3-1/h1,3-7H,2H2. The van der Waals surface area contributed by atoms with Gasteiger partial charge in [0.1, 0.15) is 0 Å². The molecule has 50 valence electrons. The van der Waals surface area contributed by atoms with Crippen LogP contribution in [0, 0.1) is 0 Å². The van der Waals surface area contributed by atoms with Crippen molar-refractivity contribution in [2.45, 2.75) is 6.42 Å². The van der Waals surface area contributed by atoms with Crippen LogP contribution in [0.5, 0.6) is 0 Å². The van der Waals surface area contributed by atoms with E-state index in [0.29, 0.717) is 0 Å². The molecule has 0 N–H and O–H groups in total. The lowest BCUT2D eigenvalue weighted by Crippen LogP contribution is -2.15. The minimum absolute atomic E-state index is 1.07. The Morgan fingerprint density at radius 3 is 3.40 bits per heavy atom. The Balaban J connectivity index is 2.82. The SMILES string of the molecule is C1=CCC=c2ccsc2=C1. The molecule has 10 heavy (non-hydrogen) atoms. The second-order valence-corrected chi connectivity index (χ2v) is 3.22. The zero-order valence-electron chi connectivity index (χ0n) is 5.58. The average Bonchev–Trinajstić information content (AvgIpc) is 2.28. The van der Waals surface area contributed by atoms with Gasteiger partial charge in [0.05, 0.1) is 0 Å². The molecule has 0 aliphatic heterocycles. The highest BCUT2D eigenvalue weighted by atomic mass is 32.1. The van der Waals surface area contributed by atoms with Crippen molar-refractivity contribution in [3.63, 3.8) is 0 Å². The van der Waals surface area contributed by atoms with E-state index < -0.39 is 0 Å². The van der Waals surface area contributed by atoms with Gasteiger partial charge in [-0.1, -0.05) is 18.2 Å². The van der Waals surface area contributed by atoms with Gasteiger partial charge in [-0.2, -0.15) is 0 Å². The Bertz CT molecular complexity index is 354. The third-order valence-corrected chi connectivity index (χ3v) is 2.48. The fourth-order valence-corrected chi connectivity index (χ4v) is 1.87. The van der Waals surface area contributed by atoms with E-state index in [1.807, 2.05) is 0 Å². The summed E-state index contributed by atoms with van der Waals surface area (Å²) in [6.45, 7) is 0. The first-order valence-corrected chi connectivity index (χ1v) is 4.25. The molecule has 1 aromatic heterocycles. The van der Waals surface area contributed by atoms with Crippen molar-refractivity contribution in [3.05, 3.63) is 33.3 Å². The molecule has 0 spiro atoms. The highest BCUT2D eigenvalue weighted by Crippen LogP contribution is 1.91. The van der Waals surface area contributed by atoms with Gasteiger partial charge < -0.3 is 0 Å². The maximum atomic E-state index is 2.26. The third kappa shape index (κ3) is 0.929. The van der Waals surface area contributed by atoms with Crippen LogP contribution in [-0.2, 0) is 0 Å². The molecule has 0 saturated heterocycles. The molecule has 1 aromatic rings. The van der Waals surface area contributed by atoms with Crippen LogP contribution in [0.15, 0.2) is 23.6 Å². The lowest BCUT2D eigenvalue weighted by Gasteiger charge is -1.73. The van der Waals surface area contributed by atoms with Crippen LogP contribution >= 0.6 is 11.3 Å². The quantitative estimate of drug-likeness (QED) is 0.520. The summed E-state index contributed by atoms with van der Waals surface area (Å²) in [6.07, 6.45) is 9.79. The van der Waals surface area contributed by atoms with E-state index in [2.05, 4.69) is 35.8 Å². The van der Waals surface area contributed by atoms with Crippen molar-refractivity contribution in [2.75, 3.05) is 0 Å². The summed E-state index contributed by atoms with van der Waals surface area (Å²) >= 11 is 1.80. The molecule has 0 amide bonds. The molecule has 0 aromatic carbocycles. The summed E-state index contributed by atoms with van der Waals surface area (Å²) in [5, 5.41) is 3.52. The zero-order chi connectivity index (χ0) is 6.81. The van der Waals surface area contributed by atoms with E-state index >= 15 is 0 Å². The molecule has 2 rings (SSSR count). The van der Waals surface area contributed by atoms with Gasteiger partial charge in [0, 0.05) is 4.53 Å². The average molecular weight is 148 g/mol. The highest BCUT2D eigenvalue weighted by molar-refractivity contribution is 7.07. The molecule has 1 aliphatic rings. The fraction of sp³-hybridized carbons (Fsp3) is 0.111. The van der Waals surface area contributed by atoms with Gasteiger partial charge in [0.25, 0.3) is 0 Å². The van der Waals surface area contributed by atoms with Gasteiger partial charge >= 0.3 is 0 Å². The first-order valence-electron chi connectivity index (χ1n) is 3.37. The second-order valence-electron chi connectivity index (χ2n) is 2.27. The lowest BCUT2D eigenvalue weighted by molar-refractivity contribution is 1.48. The molecule has 0 radical (unpaired) electrons. The molecule has 1 heteroatoms. The molecule has 0 saturated carbocycles. The topological polar surface area (TPSA) is 0 Å². The summed E-state index contributed by atoms with van der Waals surface area (Å²) in [6, 6.07) is 2.17. The molecule has 0 nitrogen and oxygen atoms in total. The molecule has 0 unspecified atom stereocenters. The van der Waals surface area contributed by atoms with Crippen LogP contribution in [0.4, 0.5) is 0 Å². The van der Waals surface area contributed by atoms with E-state index in [1.54, 1.807) is 11.3 Å². The number of hydrogen-bond donors (Lipinski definition) is 0. The number of fused-ring (bicyclic) bond motifs is 1. The maximum absolute atomic E-state index is 2.26. The van der Waals surface area contributed by atoms with E-state index in [1.165, 1.54) is 9.75 Å². The second kappa shape index (κ2) is 2.43. The Labute approximate surface area is 63.8 Å². The Hall–Kier alpha value is -0.820. The molecule has 0 bridgehead atoms. The minimum atomic E-state index is 1.07. The fourth-order valence-electron chi connectivity index (χ4n) is 1.06. The summed E-state index contributed by atoms with van der Waals surface area (Å²) in [4.78, 5) is 0. The van der Waals surface area contributed by atoms with Crippen molar-refractivity contribution in [3.8, 4) is 0 Å². The van der Waals surface area contributed by atoms with Crippen molar-refractivity contribution < 1.29 is 0 Å². The molecular weight excluding hydrogens is 140 g/mol. The Morgan fingerprint density at radius 2 is 2.40 bits per heavy atom. The van der Waals surface area contributed by atoms with E-state index in [4.69, 9.17) is 0 Å². The summed E-state index contributed by atoms with van der Waals surface area (Å²) in [7, 11) is 0. The first kappa shape index (κ1) is 5.93. The summed E-state index contributed by atoms with van der Waals surface area (Å²) in [5.41, 5.74) is 0.